The Hall–Kier alpha value is -0.0800. The van der Waals surface area contributed by atoms with Gasteiger partial charge >= 0.3 is 0 Å². The first-order chi connectivity index (χ1) is 5.41. The topological polar surface area (TPSA) is 15.3 Å². The Morgan fingerprint density at radius 3 is 2.42 bits per heavy atom. The van der Waals surface area contributed by atoms with Crippen molar-refractivity contribution in [3.8, 4) is 0 Å². The summed E-state index contributed by atoms with van der Waals surface area (Å²) in [5.41, 5.74) is 0.280. The second-order valence-corrected chi connectivity index (χ2v) is 4.95. The SMILES string of the molecule is CC1CN(C(C)C)CC(C)(C)N1. The van der Waals surface area contributed by atoms with E-state index in [2.05, 4.69) is 44.8 Å². The predicted octanol–water partition coefficient (Wildman–Crippen LogP) is 1.47. The Labute approximate surface area is 76.3 Å². The lowest BCUT2D eigenvalue weighted by Crippen LogP contribution is -2.62. The molecule has 2 nitrogen and oxygen atoms in total. The van der Waals surface area contributed by atoms with Crippen molar-refractivity contribution >= 4 is 0 Å². The van der Waals surface area contributed by atoms with Crippen LogP contribution < -0.4 is 5.32 Å². The molecule has 1 fully saturated rings. The minimum Gasteiger partial charge on any atom is -0.307 e. The van der Waals surface area contributed by atoms with Crippen LogP contribution in [0.4, 0.5) is 0 Å². The molecule has 0 aromatic carbocycles. The van der Waals surface area contributed by atoms with E-state index in [1.165, 1.54) is 6.54 Å². The van der Waals surface area contributed by atoms with Gasteiger partial charge in [-0.25, -0.2) is 0 Å². The zero-order chi connectivity index (χ0) is 9.35. The van der Waals surface area contributed by atoms with Crippen LogP contribution in [0.2, 0.25) is 0 Å². The van der Waals surface area contributed by atoms with Gasteiger partial charge in [0.15, 0.2) is 0 Å². The third-order valence-corrected chi connectivity index (χ3v) is 2.47. The third kappa shape index (κ3) is 2.46. The molecule has 1 N–H and O–H groups in total. The predicted molar refractivity (Wildman–Crippen MR) is 53.4 cm³/mol. The summed E-state index contributed by atoms with van der Waals surface area (Å²) in [6.07, 6.45) is 0. The normalized spacial score (nSPS) is 31.0. The quantitative estimate of drug-likeness (QED) is 0.641. The molecule has 1 rings (SSSR count). The maximum absolute atomic E-state index is 3.60. The van der Waals surface area contributed by atoms with Crippen LogP contribution in [0.5, 0.6) is 0 Å². The van der Waals surface area contributed by atoms with Gasteiger partial charge in [0.1, 0.15) is 0 Å². The molecular weight excluding hydrogens is 148 g/mol. The van der Waals surface area contributed by atoms with E-state index in [-0.39, 0.29) is 5.54 Å². The molecule has 0 spiro atoms. The summed E-state index contributed by atoms with van der Waals surface area (Å²) in [5, 5.41) is 3.60. The fourth-order valence-corrected chi connectivity index (χ4v) is 2.08. The molecular formula is C10H22N2. The van der Waals surface area contributed by atoms with E-state index < -0.39 is 0 Å². The van der Waals surface area contributed by atoms with E-state index in [1.807, 2.05) is 0 Å². The van der Waals surface area contributed by atoms with Crippen molar-refractivity contribution < 1.29 is 0 Å². The third-order valence-electron chi connectivity index (χ3n) is 2.47. The number of nitrogens with zero attached hydrogens (tertiary/aromatic N) is 1. The summed E-state index contributed by atoms with van der Waals surface area (Å²) < 4.78 is 0. The van der Waals surface area contributed by atoms with E-state index >= 15 is 0 Å². The molecule has 2 heteroatoms. The van der Waals surface area contributed by atoms with Gasteiger partial charge in [-0.3, -0.25) is 4.90 Å². The lowest BCUT2D eigenvalue weighted by atomic mass is 9.98. The number of hydrogen-bond donors (Lipinski definition) is 1. The lowest BCUT2D eigenvalue weighted by molar-refractivity contribution is 0.0966. The average molecular weight is 170 g/mol. The van der Waals surface area contributed by atoms with Crippen molar-refractivity contribution in [2.75, 3.05) is 13.1 Å². The maximum Gasteiger partial charge on any atom is 0.0255 e. The van der Waals surface area contributed by atoms with Crippen LogP contribution in [0.15, 0.2) is 0 Å². The van der Waals surface area contributed by atoms with Crippen molar-refractivity contribution in [2.45, 2.75) is 52.2 Å². The van der Waals surface area contributed by atoms with Gasteiger partial charge in [0.25, 0.3) is 0 Å². The second kappa shape index (κ2) is 3.35. The molecule has 0 aromatic heterocycles. The fourth-order valence-electron chi connectivity index (χ4n) is 2.08. The van der Waals surface area contributed by atoms with Crippen molar-refractivity contribution in [3.05, 3.63) is 0 Å². The Morgan fingerprint density at radius 2 is 2.00 bits per heavy atom. The summed E-state index contributed by atoms with van der Waals surface area (Å²) in [7, 11) is 0. The van der Waals surface area contributed by atoms with Gasteiger partial charge in [-0.1, -0.05) is 0 Å². The van der Waals surface area contributed by atoms with E-state index in [1.54, 1.807) is 0 Å². The summed E-state index contributed by atoms with van der Waals surface area (Å²) in [6.45, 7) is 13.7. The van der Waals surface area contributed by atoms with Gasteiger partial charge in [-0.05, 0) is 34.6 Å². The van der Waals surface area contributed by atoms with Crippen molar-refractivity contribution in [1.29, 1.82) is 0 Å². The fraction of sp³-hybridized carbons (Fsp3) is 1.00. The molecule has 0 aliphatic carbocycles. The number of rotatable bonds is 1. The van der Waals surface area contributed by atoms with E-state index in [0.717, 1.165) is 6.54 Å². The van der Waals surface area contributed by atoms with Crippen LogP contribution in [-0.4, -0.2) is 35.6 Å². The Balaban J connectivity index is 2.58. The zero-order valence-corrected chi connectivity index (χ0v) is 9.02. The molecule has 0 aromatic rings. The lowest BCUT2D eigenvalue weighted by Gasteiger charge is -2.44. The molecule has 0 saturated carbocycles. The Bertz CT molecular complexity index is 152. The van der Waals surface area contributed by atoms with Gasteiger partial charge in [0.05, 0.1) is 0 Å². The summed E-state index contributed by atoms with van der Waals surface area (Å²) in [4.78, 5) is 2.54. The van der Waals surface area contributed by atoms with Gasteiger partial charge in [-0.15, -0.1) is 0 Å². The highest BCUT2D eigenvalue weighted by molar-refractivity contribution is 4.91. The molecule has 1 heterocycles. The second-order valence-electron chi connectivity index (χ2n) is 4.95. The van der Waals surface area contributed by atoms with Crippen LogP contribution in [0.3, 0.4) is 0 Å². The average Bonchev–Trinajstić information content (AvgIpc) is 1.82. The summed E-state index contributed by atoms with van der Waals surface area (Å²) in [5.74, 6) is 0. The van der Waals surface area contributed by atoms with E-state index in [4.69, 9.17) is 0 Å². The monoisotopic (exact) mass is 170 g/mol. The highest BCUT2D eigenvalue weighted by Gasteiger charge is 2.30. The highest BCUT2D eigenvalue weighted by atomic mass is 15.2. The maximum atomic E-state index is 3.60. The smallest absolute Gasteiger partial charge is 0.0255 e. The molecule has 1 saturated heterocycles. The molecule has 0 radical (unpaired) electrons. The van der Waals surface area contributed by atoms with Crippen LogP contribution in [0.1, 0.15) is 34.6 Å². The first-order valence-electron chi connectivity index (χ1n) is 4.92. The van der Waals surface area contributed by atoms with Crippen molar-refractivity contribution in [2.24, 2.45) is 0 Å². The standard InChI is InChI=1S/C10H22N2/c1-8(2)12-6-9(3)11-10(4,5)7-12/h8-9,11H,6-7H2,1-5H3. The van der Waals surface area contributed by atoms with E-state index in [0.29, 0.717) is 12.1 Å². The van der Waals surface area contributed by atoms with Crippen molar-refractivity contribution in [3.63, 3.8) is 0 Å². The van der Waals surface area contributed by atoms with Crippen LogP contribution in [-0.2, 0) is 0 Å². The minimum atomic E-state index is 0.280. The van der Waals surface area contributed by atoms with Gasteiger partial charge in [-0.2, -0.15) is 0 Å². The first-order valence-corrected chi connectivity index (χ1v) is 4.92. The molecule has 1 aliphatic rings. The molecule has 72 valence electrons. The minimum absolute atomic E-state index is 0.280. The zero-order valence-electron chi connectivity index (χ0n) is 9.02. The number of nitrogens with one attached hydrogen (secondary N) is 1. The largest absolute Gasteiger partial charge is 0.307 e. The molecule has 1 aliphatic heterocycles. The number of piperazine rings is 1. The molecule has 0 bridgehead atoms. The summed E-state index contributed by atoms with van der Waals surface area (Å²) in [6, 6.07) is 1.30. The van der Waals surface area contributed by atoms with Gasteiger partial charge in [0, 0.05) is 30.7 Å². The summed E-state index contributed by atoms with van der Waals surface area (Å²) >= 11 is 0. The van der Waals surface area contributed by atoms with E-state index in [9.17, 15) is 0 Å². The number of hydrogen-bond acceptors (Lipinski definition) is 2. The van der Waals surface area contributed by atoms with Gasteiger partial charge in [0.2, 0.25) is 0 Å². The Kier molecular flexibility index (Phi) is 2.79. The van der Waals surface area contributed by atoms with Crippen LogP contribution >= 0.6 is 0 Å². The molecule has 0 amide bonds. The Morgan fingerprint density at radius 1 is 1.42 bits per heavy atom. The highest BCUT2D eigenvalue weighted by Crippen LogP contribution is 2.15. The van der Waals surface area contributed by atoms with Crippen LogP contribution in [0, 0.1) is 0 Å². The van der Waals surface area contributed by atoms with Crippen LogP contribution in [0.25, 0.3) is 0 Å². The molecule has 1 unspecified atom stereocenters. The molecule has 1 atom stereocenters. The molecule has 12 heavy (non-hydrogen) atoms. The van der Waals surface area contributed by atoms with Gasteiger partial charge < -0.3 is 5.32 Å². The first kappa shape index (κ1) is 10.0. The van der Waals surface area contributed by atoms with Crippen molar-refractivity contribution in [1.82, 2.24) is 10.2 Å².